The molecule has 5 aliphatic rings. The second kappa shape index (κ2) is 6.41. The summed E-state index contributed by atoms with van der Waals surface area (Å²) in [6, 6.07) is 0. The van der Waals surface area contributed by atoms with Gasteiger partial charge in [-0.1, -0.05) is 19.4 Å². The van der Waals surface area contributed by atoms with Crippen LogP contribution in [0.4, 0.5) is 0 Å². The fraction of sp³-hybridized carbons (Fsp3) is 0.792. The molecule has 1 saturated heterocycles. The van der Waals surface area contributed by atoms with E-state index in [9.17, 15) is 19.5 Å². The Kier molecular flexibility index (Phi) is 4.32. The predicted molar refractivity (Wildman–Crippen MR) is 107 cm³/mol. The van der Waals surface area contributed by atoms with Crippen LogP contribution in [0, 0.1) is 34.5 Å². The average Bonchev–Trinajstić information content (AvgIpc) is 3.21. The SMILES string of the molecule is COC(=O)C1CC2=CC(=O)CCC2(C)C2C(O)CC3(C)C(CCC34CCC(=O)O4)C12. The molecule has 6 heteroatoms. The van der Waals surface area contributed by atoms with E-state index in [4.69, 9.17) is 9.47 Å². The van der Waals surface area contributed by atoms with Crippen LogP contribution >= 0.6 is 0 Å². The van der Waals surface area contributed by atoms with Crippen molar-refractivity contribution in [2.24, 2.45) is 34.5 Å². The van der Waals surface area contributed by atoms with Crippen LogP contribution in [-0.2, 0) is 23.9 Å². The number of carbonyl (C=O) groups excluding carboxylic acids is 3. The second-order valence-corrected chi connectivity index (χ2v) is 10.8. The summed E-state index contributed by atoms with van der Waals surface area (Å²) < 4.78 is 11.2. The lowest BCUT2D eigenvalue weighted by atomic mass is 9.43. The second-order valence-electron chi connectivity index (χ2n) is 10.8. The number of rotatable bonds is 1. The van der Waals surface area contributed by atoms with E-state index >= 15 is 0 Å². The van der Waals surface area contributed by atoms with Gasteiger partial charge in [-0.25, -0.2) is 0 Å². The first-order chi connectivity index (χ1) is 14.1. The number of ether oxygens (including phenoxy) is 2. The standard InChI is InChI=1S/C24H32O6/c1-22-7-4-14(25)10-13(22)11-15(21(28)29-3)19-16-5-8-24(9-6-18(27)30-24)23(16,2)12-17(26)20(19)22/h10,15-17,19-20,26H,4-9,11-12H2,1-3H3. The molecule has 3 saturated carbocycles. The quantitative estimate of drug-likeness (QED) is 0.661. The molecule has 0 amide bonds. The summed E-state index contributed by atoms with van der Waals surface area (Å²) >= 11 is 0. The Morgan fingerprint density at radius 3 is 2.63 bits per heavy atom. The van der Waals surface area contributed by atoms with E-state index in [1.807, 2.05) is 0 Å². The molecule has 1 N–H and O–H groups in total. The minimum Gasteiger partial charge on any atom is -0.469 e. The highest BCUT2D eigenvalue weighted by Gasteiger charge is 2.71. The van der Waals surface area contributed by atoms with Gasteiger partial charge in [0.25, 0.3) is 0 Å². The van der Waals surface area contributed by atoms with Crippen LogP contribution in [0.5, 0.6) is 0 Å². The van der Waals surface area contributed by atoms with Crippen LogP contribution in [0.2, 0.25) is 0 Å². The Hall–Kier alpha value is -1.69. The van der Waals surface area contributed by atoms with Crippen molar-refractivity contribution < 1.29 is 29.0 Å². The van der Waals surface area contributed by atoms with E-state index in [1.165, 1.54) is 7.11 Å². The van der Waals surface area contributed by atoms with Crippen molar-refractivity contribution in [3.05, 3.63) is 11.6 Å². The highest BCUT2D eigenvalue weighted by atomic mass is 16.6. The highest BCUT2D eigenvalue weighted by Crippen LogP contribution is 2.70. The molecule has 1 aliphatic heterocycles. The van der Waals surface area contributed by atoms with Crippen molar-refractivity contribution in [1.29, 1.82) is 0 Å². The van der Waals surface area contributed by atoms with Crippen molar-refractivity contribution >= 4 is 17.7 Å². The Labute approximate surface area is 177 Å². The van der Waals surface area contributed by atoms with Crippen LogP contribution in [0.25, 0.3) is 0 Å². The third kappa shape index (κ3) is 2.43. The fourth-order valence-corrected chi connectivity index (χ4v) is 8.35. The van der Waals surface area contributed by atoms with Crippen molar-refractivity contribution in [3.63, 3.8) is 0 Å². The number of hydrogen-bond acceptors (Lipinski definition) is 6. The number of carbonyl (C=O) groups is 3. The molecule has 4 fully saturated rings. The maximum Gasteiger partial charge on any atom is 0.309 e. The molecule has 1 spiro atoms. The largest absolute Gasteiger partial charge is 0.469 e. The lowest BCUT2D eigenvalue weighted by molar-refractivity contribution is -0.197. The van der Waals surface area contributed by atoms with Gasteiger partial charge < -0.3 is 14.6 Å². The van der Waals surface area contributed by atoms with E-state index in [-0.39, 0.29) is 52.2 Å². The molecule has 8 atom stereocenters. The molecule has 0 bridgehead atoms. The zero-order valence-corrected chi connectivity index (χ0v) is 18.1. The van der Waals surface area contributed by atoms with E-state index < -0.39 is 11.7 Å². The van der Waals surface area contributed by atoms with Gasteiger partial charge in [0.2, 0.25) is 0 Å². The van der Waals surface area contributed by atoms with E-state index in [1.54, 1.807) is 6.08 Å². The molecule has 6 nitrogen and oxygen atoms in total. The van der Waals surface area contributed by atoms with Gasteiger partial charge >= 0.3 is 11.9 Å². The van der Waals surface area contributed by atoms with Crippen LogP contribution in [-0.4, -0.2) is 41.6 Å². The fourth-order valence-electron chi connectivity index (χ4n) is 8.35. The number of methoxy groups -OCH3 is 1. The summed E-state index contributed by atoms with van der Waals surface area (Å²) in [6.07, 6.45) is 6.21. The number of esters is 2. The third-order valence-corrected chi connectivity index (χ3v) is 9.79. The summed E-state index contributed by atoms with van der Waals surface area (Å²) in [5, 5.41) is 11.6. The lowest BCUT2D eigenvalue weighted by Gasteiger charge is -2.62. The summed E-state index contributed by atoms with van der Waals surface area (Å²) in [6.45, 7) is 4.33. The number of ketones is 1. The number of hydrogen-bond donors (Lipinski definition) is 1. The number of allylic oxidation sites excluding steroid dienone is 1. The topological polar surface area (TPSA) is 89.9 Å². The monoisotopic (exact) mass is 416 g/mol. The van der Waals surface area contributed by atoms with Gasteiger partial charge in [-0.05, 0) is 67.8 Å². The zero-order chi connectivity index (χ0) is 21.5. The molecule has 1 heterocycles. The first kappa shape index (κ1) is 20.2. The Bertz CT molecular complexity index is 847. The molecule has 0 aromatic heterocycles. The Balaban J connectivity index is 1.62. The maximum atomic E-state index is 12.9. The normalized spacial score (nSPS) is 49.7. The number of aliphatic hydroxyl groups excluding tert-OH is 1. The van der Waals surface area contributed by atoms with Gasteiger partial charge in [-0.15, -0.1) is 0 Å². The minimum atomic E-state index is -0.611. The molecule has 4 aliphatic carbocycles. The van der Waals surface area contributed by atoms with Crippen molar-refractivity contribution in [3.8, 4) is 0 Å². The van der Waals surface area contributed by atoms with Gasteiger partial charge in [0.1, 0.15) is 5.60 Å². The smallest absolute Gasteiger partial charge is 0.309 e. The summed E-state index contributed by atoms with van der Waals surface area (Å²) in [4.78, 5) is 37.2. The van der Waals surface area contributed by atoms with E-state index in [0.717, 1.165) is 18.4 Å². The first-order valence-electron chi connectivity index (χ1n) is 11.4. The molecule has 0 aromatic carbocycles. The van der Waals surface area contributed by atoms with Crippen molar-refractivity contribution in [2.45, 2.75) is 76.9 Å². The molecule has 164 valence electrons. The number of fused-ring (bicyclic) bond motifs is 6. The van der Waals surface area contributed by atoms with Gasteiger partial charge in [0.15, 0.2) is 5.78 Å². The molecular formula is C24H32O6. The van der Waals surface area contributed by atoms with Crippen LogP contribution in [0.15, 0.2) is 11.6 Å². The number of aliphatic hydroxyl groups is 1. The first-order valence-corrected chi connectivity index (χ1v) is 11.4. The molecule has 0 aromatic rings. The van der Waals surface area contributed by atoms with E-state index in [0.29, 0.717) is 38.5 Å². The van der Waals surface area contributed by atoms with Crippen molar-refractivity contribution in [1.82, 2.24) is 0 Å². The molecule has 8 unspecified atom stereocenters. The van der Waals surface area contributed by atoms with Crippen molar-refractivity contribution in [2.75, 3.05) is 7.11 Å². The average molecular weight is 417 g/mol. The minimum absolute atomic E-state index is 0.0415. The van der Waals surface area contributed by atoms with Gasteiger partial charge in [-0.3, -0.25) is 14.4 Å². The summed E-state index contributed by atoms with van der Waals surface area (Å²) in [5.74, 6) is -0.636. The Morgan fingerprint density at radius 2 is 1.97 bits per heavy atom. The molecule has 30 heavy (non-hydrogen) atoms. The lowest BCUT2D eigenvalue weighted by Crippen LogP contribution is -2.62. The molecule has 0 radical (unpaired) electrons. The summed E-state index contributed by atoms with van der Waals surface area (Å²) in [5.41, 5.74) is -0.168. The third-order valence-electron chi connectivity index (χ3n) is 9.79. The maximum absolute atomic E-state index is 12.9. The molecule has 5 rings (SSSR count). The predicted octanol–water partition coefficient (Wildman–Crippen LogP) is 2.96. The van der Waals surface area contributed by atoms with Crippen LogP contribution in [0.3, 0.4) is 0 Å². The van der Waals surface area contributed by atoms with Crippen LogP contribution < -0.4 is 0 Å². The molecular weight excluding hydrogens is 384 g/mol. The van der Waals surface area contributed by atoms with Gasteiger partial charge in [0.05, 0.1) is 19.1 Å². The zero-order valence-electron chi connectivity index (χ0n) is 18.1. The highest BCUT2D eigenvalue weighted by molar-refractivity contribution is 5.92. The van der Waals surface area contributed by atoms with Gasteiger partial charge in [0, 0.05) is 18.3 Å². The Morgan fingerprint density at radius 1 is 1.20 bits per heavy atom. The van der Waals surface area contributed by atoms with E-state index in [2.05, 4.69) is 13.8 Å². The van der Waals surface area contributed by atoms with Gasteiger partial charge in [-0.2, -0.15) is 0 Å². The summed E-state index contributed by atoms with van der Waals surface area (Å²) in [7, 11) is 1.42. The van der Waals surface area contributed by atoms with Crippen LogP contribution in [0.1, 0.15) is 65.2 Å².